The number of nitrogens with zero attached hydrogens (tertiary/aromatic N) is 3. The highest BCUT2D eigenvalue weighted by molar-refractivity contribution is 9.12. The van der Waals surface area contributed by atoms with E-state index in [4.69, 9.17) is 0 Å². The first-order valence-electron chi connectivity index (χ1n) is 5.05. The van der Waals surface area contributed by atoms with Crippen molar-refractivity contribution in [3.63, 3.8) is 0 Å². The van der Waals surface area contributed by atoms with Gasteiger partial charge in [-0.15, -0.1) is 11.3 Å². The van der Waals surface area contributed by atoms with Gasteiger partial charge in [0.05, 0.1) is 24.4 Å². The lowest BCUT2D eigenvalue weighted by molar-refractivity contribution is -0.390. The topological polar surface area (TPSA) is 78.0 Å². The van der Waals surface area contributed by atoms with E-state index in [0.29, 0.717) is 11.1 Å². The van der Waals surface area contributed by atoms with Gasteiger partial charge in [-0.1, -0.05) is 0 Å². The van der Waals surface area contributed by atoms with E-state index in [0.717, 1.165) is 7.57 Å². The zero-order valence-corrected chi connectivity index (χ0v) is 13.6. The summed E-state index contributed by atoms with van der Waals surface area (Å²) in [5, 5.41) is 14.5. The first kappa shape index (κ1) is 14.4. The molecule has 0 spiro atoms. The number of carbonyl (C=O) groups excluding carboxylic acids is 1. The van der Waals surface area contributed by atoms with Crippen molar-refractivity contribution in [2.24, 2.45) is 0 Å². The summed E-state index contributed by atoms with van der Waals surface area (Å²) in [5.74, 6) is -0.385. The van der Waals surface area contributed by atoms with E-state index in [2.05, 4.69) is 37.0 Å². The zero-order valence-electron chi connectivity index (χ0n) is 9.59. The second kappa shape index (κ2) is 5.51. The monoisotopic (exact) mass is 407 g/mol. The molecule has 2 heterocycles. The van der Waals surface area contributed by atoms with Crippen LogP contribution in [0.4, 0.5) is 5.82 Å². The number of hydrogen-bond donors (Lipinski definition) is 0. The molecule has 0 aliphatic rings. The largest absolute Gasteiger partial charge is 0.392 e. The van der Waals surface area contributed by atoms with Gasteiger partial charge in [-0.2, -0.15) is 4.68 Å². The number of halogens is 2. The predicted octanol–water partition coefficient (Wildman–Crippen LogP) is 3.57. The Morgan fingerprint density at radius 2 is 2.26 bits per heavy atom. The second-order valence-corrected chi connectivity index (χ2v) is 7.50. The Kier molecular flexibility index (Phi) is 4.16. The van der Waals surface area contributed by atoms with E-state index < -0.39 is 4.92 Å². The summed E-state index contributed by atoms with van der Waals surface area (Å²) < 4.78 is 2.85. The number of thiophene rings is 1. The molecule has 100 valence electrons. The van der Waals surface area contributed by atoms with E-state index in [-0.39, 0.29) is 18.1 Å². The molecule has 0 radical (unpaired) electrons. The molecule has 19 heavy (non-hydrogen) atoms. The lowest BCUT2D eigenvalue weighted by Gasteiger charge is -1.96. The number of aromatic nitrogens is 2. The van der Waals surface area contributed by atoms with Crippen LogP contribution in [0.1, 0.15) is 15.9 Å². The summed E-state index contributed by atoms with van der Waals surface area (Å²) in [6.07, 6.45) is 1.49. The molecule has 0 N–H and O–H groups in total. The molecule has 0 unspecified atom stereocenters. The quantitative estimate of drug-likeness (QED) is 0.440. The fourth-order valence-electron chi connectivity index (χ4n) is 1.53. The van der Waals surface area contributed by atoms with Gasteiger partial charge in [0.25, 0.3) is 0 Å². The van der Waals surface area contributed by atoms with Crippen LogP contribution in [-0.4, -0.2) is 20.5 Å². The van der Waals surface area contributed by atoms with Crippen molar-refractivity contribution in [1.29, 1.82) is 0 Å². The van der Waals surface area contributed by atoms with E-state index in [1.807, 2.05) is 0 Å². The molecule has 0 amide bonds. The third kappa shape index (κ3) is 3.10. The minimum atomic E-state index is -0.562. The summed E-state index contributed by atoms with van der Waals surface area (Å²) >= 11 is 8.00. The maximum atomic E-state index is 12.1. The molecule has 2 rings (SSSR count). The van der Waals surface area contributed by atoms with Gasteiger partial charge in [0.2, 0.25) is 0 Å². The predicted molar refractivity (Wildman–Crippen MR) is 77.7 cm³/mol. The van der Waals surface area contributed by atoms with E-state index in [1.54, 1.807) is 13.0 Å². The van der Waals surface area contributed by atoms with Crippen molar-refractivity contribution in [3.8, 4) is 0 Å². The molecule has 0 atom stereocenters. The normalized spacial score (nSPS) is 10.7. The van der Waals surface area contributed by atoms with Crippen LogP contribution in [-0.2, 0) is 6.54 Å². The third-order valence-corrected chi connectivity index (χ3v) is 4.69. The molecule has 6 nitrogen and oxygen atoms in total. The van der Waals surface area contributed by atoms with E-state index >= 15 is 0 Å². The van der Waals surface area contributed by atoms with Crippen LogP contribution < -0.4 is 0 Å². The number of rotatable bonds is 4. The maximum Gasteiger partial charge on any atom is 0.392 e. The second-order valence-electron chi connectivity index (χ2n) is 3.75. The standard InChI is InChI=1S/C10H7Br2N3O3S/c1-5-3-14(13-10(5)15(17)18)4-7(16)6-2-8(11)19-9(6)12/h2-3H,4H2,1H3. The summed E-state index contributed by atoms with van der Waals surface area (Å²) in [4.78, 5) is 22.2. The fourth-order valence-corrected chi connectivity index (χ4v) is 4.39. The molecule has 2 aromatic heterocycles. The van der Waals surface area contributed by atoms with Gasteiger partial charge in [0.15, 0.2) is 5.78 Å². The molecule has 0 saturated heterocycles. The van der Waals surface area contributed by atoms with Crippen molar-refractivity contribution >= 4 is 54.8 Å². The first-order valence-corrected chi connectivity index (χ1v) is 7.45. The molecule has 0 aromatic carbocycles. The molecule has 0 bridgehead atoms. The van der Waals surface area contributed by atoms with Crippen LogP contribution in [0.2, 0.25) is 0 Å². The highest BCUT2D eigenvalue weighted by Gasteiger charge is 2.20. The highest BCUT2D eigenvalue weighted by atomic mass is 79.9. The van der Waals surface area contributed by atoms with Crippen LogP contribution in [0.5, 0.6) is 0 Å². The van der Waals surface area contributed by atoms with Crippen molar-refractivity contribution in [1.82, 2.24) is 9.78 Å². The minimum absolute atomic E-state index is 0.0313. The molecular formula is C10H7Br2N3O3S. The van der Waals surface area contributed by atoms with E-state index in [9.17, 15) is 14.9 Å². The molecule has 0 fully saturated rings. The maximum absolute atomic E-state index is 12.1. The SMILES string of the molecule is Cc1cn(CC(=O)c2cc(Br)sc2Br)nc1[N+](=O)[O-]. The van der Waals surface area contributed by atoms with Gasteiger partial charge in [-0.05, 0) is 49.8 Å². The molecule has 2 aromatic rings. The van der Waals surface area contributed by atoms with Gasteiger partial charge in [0.1, 0.15) is 6.54 Å². The van der Waals surface area contributed by atoms with Gasteiger partial charge in [-0.25, -0.2) is 0 Å². The highest BCUT2D eigenvalue weighted by Crippen LogP contribution is 2.32. The molecule has 0 aliphatic carbocycles. The van der Waals surface area contributed by atoms with Crippen LogP contribution >= 0.6 is 43.2 Å². The Balaban J connectivity index is 2.22. The van der Waals surface area contributed by atoms with Crippen LogP contribution in [0.25, 0.3) is 0 Å². The minimum Gasteiger partial charge on any atom is -0.358 e. The van der Waals surface area contributed by atoms with Crippen LogP contribution in [0, 0.1) is 17.0 Å². The van der Waals surface area contributed by atoms with Crippen molar-refractivity contribution < 1.29 is 9.72 Å². The Morgan fingerprint density at radius 1 is 1.58 bits per heavy atom. The lowest BCUT2D eigenvalue weighted by atomic mass is 10.2. The average Bonchev–Trinajstić information content (AvgIpc) is 2.81. The summed E-state index contributed by atoms with van der Waals surface area (Å²) in [6, 6.07) is 1.71. The van der Waals surface area contributed by atoms with Crippen LogP contribution in [0.3, 0.4) is 0 Å². The van der Waals surface area contributed by atoms with Crippen LogP contribution in [0.15, 0.2) is 19.8 Å². The molecular weight excluding hydrogens is 402 g/mol. The fraction of sp³-hybridized carbons (Fsp3) is 0.200. The van der Waals surface area contributed by atoms with Gasteiger partial charge in [-0.3, -0.25) is 4.79 Å². The number of aryl methyl sites for hydroxylation is 1. The average molecular weight is 409 g/mol. The number of hydrogen-bond acceptors (Lipinski definition) is 5. The first-order chi connectivity index (χ1) is 8.88. The molecule has 9 heteroatoms. The van der Waals surface area contributed by atoms with Gasteiger partial charge >= 0.3 is 5.82 Å². The Morgan fingerprint density at radius 3 is 2.74 bits per heavy atom. The Hall–Kier alpha value is -1.06. The Labute approximate surface area is 128 Å². The summed E-state index contributed by atoms with van der Waals surface area (Å²) in [7, 11) is 0. The third-order valence-electron chi connectivity index (χ3n) is 2.35. The lowest BCUT2D eigenvalue weighted by Crippen LogP contribution is -2.10. The number of ketones is 1. The van der Waals surface area contributed by atoms with Gasteiger partial charge < -0.3 is 10.1 Å². The van der Waals surface area contributed by atoms with Gasteiger partial charge in [0, 0.05) is 5.56 Å². The number of carbonyl (C=O) groups is 1. The smallest absolute Gasteiger partial charge is 0.358 e. The van der Waals surface area contributed by atoms with E-state index in [1.165, 1.54) is 22.2 Å². The summed E-state index contributed by atoms with van der Waals surface area (Å²) in [6.45, 7) is 1.56. The number of Topliss-reactive ketones (excluding diaryl/α,β-unsaturated/α-hetero) is 1. The number of nitro groups is 1. The Bertz CT molecular complexity index is 665. The van der Waals surface area contributed by atoms with Crippen molar-refractivity contribution in [2.45, 2.75) is 13.5 Å². The van der Waals surface area contributed by atoms with Crippen molar-refractivity contribution in [2.75, 3.05) is 0 Å². The zero-order chi connectivity index (χ0) is 14.2. The van der Waals surface area contributed by atoms with Crippen molar-refractivity contribution in [3.05, 3.63) is 41.1 Å². The molecule has 0 saturated carbocycles. The molecule has 0 aliphatic heterocycles. The summed E-state index contributed by atoms with van der Waals surface area (Å²) in [5.41, 5.74) is 0.969.